The zero-order chi connectivity index (χ0) is 19.1. The Labute approximate surface area is 204 Å². The van der Waals surface area contributed by atoms with Crippen molar-refractivity contribution in [2.24, 2.45) is 11.8 Å². The molecule has 2 rings (SSSR count). The first-order chi connectivity index (χ1) is 11.6. The normalized spacial score (nSPS) is 15.0. The molecule has 11 heteroatoms. The fourth-order valence-electron chi connectivity index (χ4n) is 2.85. The molecule has 0 bridgehead atoms. The van der Waals surface area contributed by atoms with E-state index in [1.807, 2.05) is 0 Å². The molecule has 2 heterocycles. The van der Waals surface area contributed by atoms with Crippen molar-refractivity contribution in [2.45, 2.75) is 25.7 Å². The molecule has 134 valence electrons. The van der Waals surface area contributed by atoms with E-state index in [-0.39, 0.29) is 27.3 Å². The van der Waals surface area contributed by atoms with E-state index in [4.69, 9.17) is 21.0 Å². The van der Waals surface area contributed by atoms with Gasteiger partial charge >= 0.3 is 132 Å². The molecular weight excluding hydrogens is 680 g/mol. The summed E-state index contributed by atoms with van der Waals surface area (Å²) in [7, 11) is 0. The van der Waals surface area contributed by atoms with Gasteiger partial charge in [-0.3, -0.25) is 0 Å². The van der Waals surface area contributed by atoms with Crippen molar-refractivity contribution >= 4 is 64.1 Å². The molecule has 0 aromatic heterocycles. The molecular formula is C14H22CdN6Se4. The van der Waals surface area contributed by atoms with Crippen molar-refractivity contribution in [3.63, 3.8) is 0 Å². The minimum atomic E-state index is 0. The Balaban J connectivity index is -0.000000143. The quantitative estimate of drug-likeness (QED) is 0.293. The molecule has 0 aliphatic carbocycles. The van der Waals surface area contributed by atoms with Crippen LogP contribution in [0.15, 0.2) is 0 Å². The molecule has 0 unspecified atom stereocenters. The Morgan fingerprint density at radius 3 is 0.880 bits per heavy atom. The average Bonchev–Trinajstić information content (AvgIpc) is 2.59. The standard InChI is InChI=1S/C10H20N2.4CHNSe.Cd/c1-5-11-6-2-9(1)10-3-7-12-8-4-10;4*2-1-3;/h9-12H,1-8H2;4*3H;/q;;;;;+2/p-2. The van der Waals surface area contributed by atoms with E-state index in [9.17, 15) is 0 Å². The van der Waals surface area contributed by atoms with E-state index in [0.29, 0.717) is 0 Å². The molecule has 0 spiro atoms. The third-order valence-electron chi connectivity index (χ3n) is 3.63. The minimum absolute atomic E-state index is 0. The molecule has 0 saturated carbocycles. The molecule has 0 radical (unpaired) electrons. The maximum absolute atomic E-state index is 7.26. The second-order valence-corrected chi connectivity index (χ2v) is 6.30. The van der Waals surface area contributed by atoms with Crippen LogP contribution >= 0.6 is 0 Å². The first-order valence-corrected chi connectivity index (χ1v) is 10.7. The number of piperidine rings is 2. The van der Waals surface area contributed by atoms with Crippen LogP contribution in [-0.2, 0) is 27.3 Å². The molecule has 0 atom stereocenters. The van der Waals surface area contributed by atoms with Crippen LogP contribution < -0.4 is 10.6 Å². The predicted octanol–water partition coefficient (Wildman–Crippen LogP) is -2.53. The molecule has 2 fully saturated rings. The smallest absolute Gasteiger partial charge is 2.00 e. The molecule has 4 N–H and O–H groups in total. The van der Waals surface area contributed by atoms with Crippen LogP contribution in [0.5, 0.6) is 0 Å². The topological polar surface area (TPSA) is 128 Å². The van der Waals surface area contributed by atoms with Gasteiger partial charge in [0, 0.05) is 0 Å². The van der Waals surface area contributed by atoms with Gasteiger partial charge in [-0.05, 0) is 37.5 Å². The summed E-state index contributed by atoms with van der Waals surface area (Å²) in [4.78, 5) is 6.50. The Kier molecular flexibility index (Phi) is 43.6. The largest absolute Gasteiger partial charge is 2.00 e. The van der Waals surface area contributed by atoms with Crippen molar-refractivity contribution in [3.05, 3.63) is 0 Å². The third kappa shape index (κ3) is 29.9. The summed E-state index contributed by atoms with van der Waals surface area (Å²) in [5, 5.41) is 34.0. The van der Waals surface area contributed by atoms with Crippen molar-refractivity contribution in [2.75, 3.05) is 26.2 Å². The monoisotopic (exact) mass is 708 g/mol. The molecule has 25 heavy (non-hydrogen) atoms. The number of nitriles is 4. The van der Waals surface area contributed by atoms with E-state index in [1.165, 1.54) is 51.9 Å². The summed E-state index contributed by atoms with van der Waals surface area (Å²) in [6, 6.07) is 0. The average molecular weight is 703 g/mol. The first kappa shape index (κ1) is 33.5. The van der Waals surface area contributed by atoms with Crippen LogP contribution in [-0.4, -0.2) is 90.2 Å². The fraction of sp³-hybridized carbons (Fsp3) is 0.714. The van der Waals surface area contributed by atoms with Gasteiger partial charge in [-0.15, -0.1) is 0 Å². The second kappa shape index (κ2) is 32.5. The summed E-state index contributed by atoms with van der Waals surface area (Å²) >= 11 is 8.44. The van der Waals surface area contributed by atoms with Crippen LogP contribution in [0.1, 0.15) is 25.7 Å². The first-order valence-electron chi connectivity index (χ1n) is 7.31. The summed E-state index contributed by atoms with van der Waals surface area (Å²) < 4.78 is 0. The number of rotatable bonds is 1. The summed E-state index contributed by atoms with van der Waals surface area (Å²) in [5.41, 5.74) is 0. The maximum atomic E-state index is 7.26. The summed E-state index contributed by atoms with van der Waals surface area (Å²) in [6.45, 7) is 5.57. The minimum Gasteiger partial charge on any atom is 2.00 e. The van der Waals surface area contributed by atoms with Gasteiger partial charge in [-0.25, -0.2) is 0 Å². The van der Waals surface area contributed by atoms with Gasteiger partial charge < -0.3 is 10.6 Å². The number of hydrogen-bond acceptors (Lipinski definition) is 4. The Hall–Kier alpha value is 0.880. The molecule has 6 nitrogen and oxygen atoms in total. The Morgan fingerprint density at radius 2 is 0.720 bits per heavy atom. The number of nitrogens with zero attached hydrogens (tertiary/aromatic N) is 4. The van der Waals surface area contributed by atoms with E-state index < -0.39 is 0 Å². The van der Waals surface area contributed by atoms with Gasteiger partial charge in [0.25, 0.3) is 0 Å². The Bertz CT molecular complexity index is 351. The fourth-order valence-corrected chi connectivity index (χ4v) is 2.85. The van der Waals surface area contributed by atoms with E-state index in [0.717, 1.165) is 11.8 Å². The van der Waals surface area contributed by atoms with E-state index in [2.05, 4.69) is 74.7 Å². The van der Waals surface area contributed by atoms with Crippen LogP contribution in [0.2, 0.25) is 0 Å². The van der Waals surface area contributed by atoms with Crippen LogP contribution in [0.3, 0.4) is 0 Å². The van der Waals surface area contributed by atoms with Gasteiger partial charge in [-0.1, -0.05) is 0 Å². The van der Waals surface area contributed by atoms with Crippen molar-refractivity contribution in [3.8, 4) is 19.9 Å². The number of nitrogens with two attached hydrogens (primary N) is 2. The van der Waals surface area contributed by atoms with Crippen LogP contribution in [0.4, 0.5) is 0 Å². The molecule has 2 saturated heterocycles. The predicted molar refractivity (Wildman–Crippen MR) is 94.2 cm³/mol. The van der Waals surface area contributed by atoms with Gasteiger partial charge in [0.15, 0.2) is 0 Å². The van der Waals surface area contributed by atoms with Gasteiger partial charge in [0.05, 0.1) is 26.2 Å². The zero-order valence-corrected chi connectivity index (χ0v) is 25.0. The molecule has 0 amide bonds. The SMILES string of the molecule is C1CC(C2CC[NH2+]CC2)CC[NH2+]1.N#C[Se-].N#C[Se-].N#C[Se-].N#C[Se-].[Cd+2]. The number of quaternary nitrogens is 2. The van der Waals surface area contributed by atoms with Crippen LogP contribution in [0, 0.1) is 52.8 Å². The molecule has 0 aromatic rings. The number of hydrogen-bond donors (Lipinski definition) is 2. The van der Waals surface area contributed by atoms with Gasteiger partial charge in [0.1, 0.15) is 0 Å². The Morgan fingerprint density at radius 1 is 0.560 bits per heavy atom. The van der Waals surface area contributed by atoms with Crippen molar-refractivity contribution < 1.29 is 37.9 Å². The summed E-state index contributed by atoms with van der Waals surface area (Å²) in [5.74, 6) is 2.17. The third-order valence-corrected chi connectivity index (χ3v) is 3.63. The van der Waals surface area contributed by atoms with Crippen molar-refractivity contribution in [1.82, 2.24) is 0 Å². The maximum Gasteiger partial charge on any atom is 2.00 e. The second-order valence-electron chi connectivity index (χ2n) is 4.77. The van der Waals surface area contributed by atoms with E-state index in [1.54, 1.807) is 19.9 Å². The molecule has 2 aliphatic rings. The van der Waals surface area contributed by atoms with Crippen molar-refractivity contribution in [1.29, 1.82) is 21.0 Å². The van der Waals surface area contributed by atoms with E-state index >= 15 is 0 Å². The van der Waals surface area contributed by atoms with Gasteiger partial charge in [0.2, 0.25) is 0 Å². The van der Waals surface area contributed by atoms with Gasteiger partial charge in [-0.2, -0.15) is 0 Å². The van der Waals surface area contributed by atoms with Crippen LogP contribution in [0.25, 0.3) is 0 Å². The zero-order valence-electron chi connectivity index (χ0n) is 14.1. The molecule has 2 aliphatic heterocycles. The summed E-state index contributed by atoms with van der Waals surface area (Å²) in [6.07, 6.45) is 5.96. The molecule has 0 aromatic carbocycles.